The number of hydrogen-bond acceptors (Lipinski definition) is 4. The van der Waals surface area contributed by atoms with E-state index in [0.717, 1.165) is 0 Å². The molecule has 84 valence electrons. The van der Waals surface area contributed by atoms with Crippen LogP contribution in [0.5, 0.6) is 11.5 Å². The maximum atomic E-state index is 9.32. The molecule has 0 saturated heterocycles. The van der Waals surface area contributed by atoms with Gasteiger partial charge in [-0.05, 0) is 18.6 Å². The molecule has 2 N–H and O–H groups in total. The van der Waals surface area contributed by atoms with Crippen LogP contribution in [0.15, 0.2) is 24.3 Å². The molecule has 0 aromatic heterocycles. The van der Waals surface area contributed by atoms with Gasteiger partial charge in [-0.25, -0.2) is 0 Å². The van der Waals surface area contributed by atoms with Crippen molar-refractivity contribution in [1.82, 2.24) is 0 Å². The number of methoxy groups -OCH3 is 1. The fourth-order valence-electron chi connectivity index (χ4n) is 1.12. The molecule has 0 aliphatic rings. The molecule has 0 bridgehead atoms. The molecule has 1 aromatic carbocycles. The Morgan fingerprint density at radius 1 is 1.33 bits per heavy atom. The van der Waals surface area contributed by atoms with E-state index >= 15 is 0 Å². The molecule has 0 amide bonds. The van der Waals surface area contributed by atoms with E-state index in [2.05, 4.69) is 0 Å². The number of aliphatic hydroxyl groups is 2. The zero-order valence-corrected chi connectivity index (χ0v) is 8.72. The van der Waals surface area contributed by atoms with E-state index in [4.69, 9.17) is 14.6 Å². The molecule has 0 radical (unpaired) electrons. The summed E-state index contributed by atoms with van der Waals surface area (Å²) in [5.74, 6) is 1.36. The van der Waals surface area contributed by atoms with Gasteiger partial charge in [-0.2, -0.15) is 0 Å². The van der Waals surface area contributed by atoms with Crippen molar-refractivity contribution in [3.05, 3.63) is 24.3 Å². The number of aliphatic hydroxyl groups excluding tert-OH is 2. The van der Waals surface area contributed by atoms with Crippen LogP contribution < -0.4 is 9.47 Å². The van der Waals surface area contributed by atoms with Crippen molar-refractivity contribution in [3.8, 4) is 11.5 Å². The highest BCUT2D eigenvalue weighted by Crippen LogP contribution is 2.18. The van der Waals surface area contributed by atoms with E-state index in [1.54, 1.807) is 19.2 Å². The average Bonchev–Trinajstić information content (AvgIpc) is 2.27. The lowest BCUT2D eigenvalue weighted by molar-refractivity contribution is 0.0820. The fraction of sp³-hybridized carbons (Fsp3) is 0.455. The number of rotatable bonds is 6. The predicted molar refractivity (Wildman–Crippen MR) is 56.2 cm³/mol. The minimum atomic E-state index is -0.638. The Kier molecular flexibility index (Phi) is 4.93. The molecule has 1 aromatic rings. The van der Waals surface area contributed by atoms with E-state index in [1.165, 1.54) is 0 Å². The standard InChI is InChI=1S/C11H16O4/c1-14-10-3-2-4-11(7-10)15-8-9(13)5-6-12/h2-4,7,9,12-13H,5-6,8H2,1H3. The maximum absolute atomic E-state index is 9.32. The van der Waals surface area contributed by atoms with Crippen molar-refractivity contribution in [2.75, 3.05) is 20.3 Å². The first-order valence-electron chi connectivity index (χ1n) is 4.82. The largest absolute Gasteiger partial charge is 0.497 e. The van der Waals surface area contributed by atoms with Crippen LogP contribution in [0.25, 0.3) is 0 Å². The van der Waals surface area contributed by atoms with Crippen LogP contribution in [0.4, 0.5) is 0 Å². The van der Waals surface area contributed by atoms with Crippen molar-refractivity contribution in [3.63, 3.8) is 0 Å². The molecule has 4 nitrogen and oxygen atoms in total. The first kappa shape index (κ1) is 11.8. The van der Waals surface area contributed by atoms with Crippen LogP contribution in [0.2, 0.25) is 0 Å². The summed E-state index contributed by atoms with van der Waals surface area (Å²) in [4.78, 5) is 0. The Morgan fingerprint density at radius 3 is 2.73 bits per heavy atom. The van der Waals surface area contributed by atoms with E-state index in [1.807, 2.05) is 12.1 Å². The normalized spacial score (nSPS) is 12.2. The quantitative estimate of drug-likeness (QED) is 0.733. The van der Waals surface area contributed by atoms with Gasteiger partial charge in [-0.3, -0.25) is 0 Å². The summed E-state index contributed by atoms with van der Waals surface area (Å²) in [6, 6.07) is 7.16. The van der Waals surface area contributed by atoms with Gasteiger partial charge in [0.1, 0.15) is 18.1 Å². The van der Waals surface area contributed by atoms with Crippen LogP contribution in [0.3, 0.4) is 0 Å². The molecule has 0 spiro atoms. The Balaban J connectivity index is 2.43. The zero-order chi connectivity index (χ0) is 11.1. The number of ether oxygens (including phenoxy) is 2. The van der Waals surface area contributed by atoms with Gasteiger partial charge in [-0.1, -0.05) is 6.07 Å². The summed E-state index contributed by atoms with van der Waals surface area (Å²) in [6.07, 6.45) is -0.314. The van der Waals surface area contributed by atoms with E-state index in [0.29, 0.717) is 17.9 Å². The van der Waals surface area contributed by atoms with Gasteiger partial charge in [0.15, 0.2) is 0 Å². The second kappa shape index (κ2) is 6.27. The third-order valence-electron chi connectivity index (χ3n) is 1.95. The molecule has 0 aliphatic carbocycles. The van der Waals surface area contributed by atoms with Gasteiger partial charge in [0.05, 0.1) is 13.2 Å². The molecule has 0 aliphatic heterocycles. The monoisotopic (exact) mass is 212 g/mol. The highest BCUT2D eigenvalue weighted by Gasteiger charge is 2.04. The van der Waals surface area contributed by atoms with Crippen molar-refractivity contribution in [1.29, 1.82) is 0 Å². The van der Waals surface area contributed by atoms with Crippen molar-refractivity contribution in [2.45, 2.75) is 12.5 Å². The first-order chi connectivity index (χ1) is 7.26. The van der Waals surface area contributed by atoms with Crippen molar-refractivity contribution >= 4 is 0 Å². The third-order valence-corrected chi connectivity index (χ3v) is 1.95. The zero-order valence-electron chi connectivity index (χ0n) is 8.72. The van der Waals surface area contributed by atoms with Crippen molar-refractivity contribution < 1.29 is 19.7 Å². The summed E-state index contributed by atoms with van der Waals surface area (Å²) < 4.78 is 10.3. The molecular formula is C11H16O4. The summed E-state index contributed by atoms with van der Waals surface area (Å²) in [5, 5.41) is 17.9. The SMILES string of the molecule is COc1cccc(OCC(O)CCO)c1. The maximum Gasteiger partial charge on any atom is 0.123 e. The summed E-state index contributed by atoms with van der Waals surface area (Å²) >= 11 is 0. The molecule has 4 heteroatoms. The summed E-state index contributed by atoms with van der Waals surface area (Å²) in [7, 11) is 1.58. The van der Waals surface area contributed by atoms with Crippen LogP contribution in [0, 0.1) is 0 Å². The van der Waals surface area contributed by atoms with Gasteiger partial charge in [-0.15, -0.1) is 0 Å². The van der Waals surface area contributed by atoms with Gasteiger partial charge in [0.2, 0.25) is 0 Å². The fourth-order valence-corrected chi connectivity index (χ4v) is 1.12. The minimum Gasteiger partial charge on any atom is -0.497 e. The predicted octanol–water partition coefficient (Wildman–Crippen LogP) is 0.817. The molecule has 1 atom stereocenters. The van der Waals surface area contributed by atoms with E-state index in [9.17, 15) is 5.11 Å². The molecule has 1 rings (SSSR count). The molecule has 15 heavy (non-hydrogen) atoms. The first-order valence-corrected chi connectivity index (χ1v) is 4.82. The molecule has 0 saturated carbocycles. The second-order valence-corrected chi connectivity index (χ2v) is 3.16. The van der Waals surface area contributed by atoms with Crippen LogP contribution in [-0.4, -0.2) is 36.6 Å². The van der Waals surface area contributed by atoms with E-state index < -0.39 is 6.10 Å². The summed E-state index contributed by atoms with van der Waals surface area (Å²) in [5.41, 5.74) is 0. The Morgan fingerprint density at radius 2 is 2.07 bits per heavy atom. The Labute approximate surface area is 89.1 Å². The van der Waals surface area contributed by atoms with Crippen LogP contribution in [0.1, 0.15) is 6.42 Å². The van der Waals surface area contributed by atoms with Crippen LogP contribution in [-0.2, 0) is 0 Å². The van der Waals surface area contributed by atoms with Gasteiger partial charge in [0, 0.05) is 12.7 Å². The third kappa shape index (κ3) is 4.18. The van der Waals surface area contributed by atoms with Crippen LogP contribution >= 0.6 is 0 Å². The summed E-state index contributed by atoms with van der Waals surface area (Å²) in [6.45, 7) is 0.135. The second-order valence-electron chi connectivity index (χ2n) is 3.16. The van der Waals surface area contributed by atoms with Gasteiger partial charge >= 0.3 is 0 Å². The molecule has 0 heterocycles. The highest BCUT2D eigenvalue weighted by molar-refractivity contribution is 5.32. The van der Waals surface area contributed by atoms with Gasteiger partial charge < -0.3 is 19.7 Å². The average molecular weight is 212 g/mol. The topological polar surface area (TPSA) is 58.9 Å². The smallest absolute Gasteiger partial charge is 0.123 e. The minimum absolute atomic E-state index is 0.0391. The lowest BCUT2D eigenvalue weighted by Crippen LogP contribution is -2.18. The molecular weight excluding hydrogens is 196 g/mol. The number of hydrogen-bond donors (Lipinski definition) is 2. The van der Waals surface area contributed by atoms with E-state index in [-0.39, 0.29) is 13.2 Å². The lowest BCUT2D eigenvalue weighted by atomic mass is 10.3. The Bertz CT molecular complexity index is 288. The number of benzene rings is 1. The van der Waals surface area contributed by atoms with Crippen molar-refractivity contribution in [2.24, 2.45) is 0 Å². The van der Waals surface area contributed by atoms with Gasteiger partial charge in [0.25, 0.3) is 0 Å². The highest BCUT2D eigenvalue weighted by atomic mass is 16.5. The molecule has 1 unspecified atom stereocenters. The molecule has 0 fully saturated rings. The Hall–Kier alpha value is -1.26. The lowest BCUT2D eigenvalue weighted by Gasteiger charge is -2.11.